The van der Waals surface area contributed by atoms with E-state index in [1.54, 1.807) is 13.8 Å². The molecule has 10 nitrogen and oxygen atoms in total. The van der Waals surface area contributed by atoms with E-state index >= 15 is 0 Å². The third kappa shape index (κ3) is 6.67. The van der Waals surface area contributed by atoms with Crippen molar-refractivity contribution in [3.05, 3.63) is 60.2 Å². The maximum absolute atomic E-state index is 14.3. The highest BCUT2D eigenvalue weighted by molar-refractivity contribution is 6.05. The van der Waals surface area contributed by atoms with Gasteiger partial charge in [-0.2, -0.15) is 0 Å². The minimum absolute atomic E-state index is 0.0442. The second kappa shape index (κ2) is 13.5. The number of benzene rings is 3. The normalized spacial score (nSPS) is 17.2. The molecule has 5 aromatic rings. The molecule has 0 aliphatic carbocycles. The highest BCUT2D eigenvalue weighted by Gasteiger charge is 2.38. The molecular formula is C38H44F2N8O2. The Kier molecular flexibility index (Phi) is 9.41. The van der Waals surface area contributed by atoms with Crippen LogP contribution < -0.4 is 11.5 Å². The molecule has 4 atom stereocenters. The van der Waals surface area contributed by atoms with Crippen molar-refractivity contribution in [3.8, 4) is 23.5 Å². The number of hydrogen-bond donors (Lipinski definition) is 4. The first kappa shape index (κ1) is 35.0. The van der Waals surface area contributed by atoms with Crippen LogP contribution in [0.15, 0.2) is 48.5 Å². The Morgan fingerprint density at radius 2 is 1.70 bits per heavy atom. The summed E-state index contributed by atoms with van der Waals surface area (Å²) in [6.45, 7) is 7.91. The number of terminal acetylenes is 1. The zero-order chi connectivity index (χ0) is 36.1. The van der Waals surface area contributed by atoms with Gasteiger partial charge in [-0.1, -0.05) is 57.9 Å². The van der Waals surface area contributed by atoms with Gasteiger partial charge in [-0.05, 0) is 65.5 Å². The number of carbonyl (C=O) groups is 2. The fourth-order valence-corrected chi connectivity index (χ4v) is 6.68. The Balaban J connectivity index is 1.30. The first-order valence-corrected chi connectivity index (χ1v) is 17.1. The molecule has 262 valence electrons. The van der Waals surface area contributed by atoms with Gasteiger partial charge >= 0.3 is 0 Å². The number of nitrogens with zero attached hydrogens (tertiary/aromatic N) is 4. The summed E-state index contributed by atoms with van der Waals surface area (Å²) in [4.78, 5) is 45.4. The van der Waals surface area contributed by atoms with Gasteiger partial charge in [0.2, 0.25) is 11.8 Å². The number of hydrogen-bond acceptors (Lipinski definition) is 6. The lowest BCUT2D eigenvalue weighted by atomic mass is 10.0. The molecule has 1 fully saturated rings. The van der Waals surface area contributed by atoms with Crippen molar-refractivity contribution in [1.82, 2.24) is 29.7 Å². The maximum atomic E-state index is 14.3. The van der Waals surface area contributed by atoms with Gasteiger partial charge in [0.15, 0.2) is 6.04 Å². The van der Waals surface area contributed by atoms with E-state index in [9.17, 15) is 18.4 Å². The molecule has 2 aromatic heterocycles. The largest absolute Gasteiger partial charge is 0.340 e. The summed E-state index contributed by atoms with van der Waals surface area (Å²) in [5, 5.41) is 1.96. The number of imidazole rings is 2. The van der Waals surface area contributed by atoms with Crippen LogP contribution in [0.3, 0.4) is 0 Å². The lowest BCUT2D eigenvalue weighted by molar-refractivity contribution is -0.140. The average Bonchev–Trinajstić information content (AvgIpc) is 3.83. The van der Waals surface area contributed by atoms with E-state index < -0.39 is 36.5 Å². The Labute approximate surface area is 290 Å². The smallest absolute Gasteiger partial charge is 0.262 e. The number of nitrogens with one attached hydrogen (secondary N) is 2. The van der Waals surface area contributed by atoms with Crippen molar-refractivity contribution in [2.75, 3.05) is 13.1 Å². The molecule has 12 heteroatoms. The number of amides is 2. The van der Waals surface area contributed by atoms with Crippen molar-refractivity contribution < 1.29 is 18.4 Å². The number of carbonyl (C=O) groups excluding carboxylic acids is 2. The van der Waals surface area contributed by atoms with Crippen LogP contribution in [-0.2, 0) is 9.59 Å². The van der Waals surface area contributed by atoms with Crippen LogP contribution in [-0.4, -0.2) is 72.6 Å². The molecule has 0 saturated carbocycles. The second-order valence-corrected chi connectivity index (χ2v) is 14.2. The minimum atomic E-state index is -3.20. The SMILES string of the molecule is C#CC(c1nc2ccc(-c3ccc4c(ccc5[nH]c(C6CCCN6C(=O)C(N)C(C)C)nc54)c3)cc2[nH]1)N(CC(C)(F)F)C(=O)C(N)C(C)C. The van der Waals surface area contributed by atoms with Crippen molar-refractivity contribution >= 4 is 44.7 Å². The fourth-order valence-electron chi connectivity index (χ4n) is 6.68. The molecule has 3 aromatic carbocycles. The molecule has 1 saturated heterocycles. The van der Waals surface area contributed by atoms with E-state index in [1.165, 1.54) is 0 Å². The lowest BCUT2D eigenvalue weighted by Crippen LogP contribution is -2.51. The minimum Gasteiger partial charge on any atom is -0.340 e. The summed E-state index contributed by atoms with van der Waals surface area (Å²) >= 11 is 0. The van der Waals surface area contributed by atoms with Gasteiger partial charge in [0, 0.05) is 18.9 Å². The van der Waals surface area contributed by atoms with Gasteiger partial charge < -0.3 is 31.2 Å². The van der Waals surface area contributed by atoms with E-state index in [-0.39, 0.29) is 29.6 Å². The Bertz CT molecular complexity index is 2110. The van der Waals surface area contributed by atoms with Gasteiger partial charge in [0.1, 0.15) is 11.6 Å². The first-order valence-electron chi connectivity index (χ1n) is 17.1. The third-order valence-corrected chi connectivity index (χ3v) is 9.64. The zero-order valence-corrected chi connectivity index (χ0v) is 29.0. The van der Waals surface area contributed by atoms with E-state index in [2.05, 4.69) is 26.9 Å². The van der Waals surface area contributed by atoms with Crippen molar-refractivity contribution in [3.63, 3.8) is 0 Å². The standard InChI is InChI=1S/C38H44F2N8O2/c1-7-29(48(19-38(6,39)40)37(50)32(42)21(4)5)34-43-26-14-11-23(18-28(26)45-34)22-10-13-25-24(17-22)12-15-27-33(25)46-35(44-27)30-9-8-16-47(30)36(49)31(41)20(2)3/h1,10-15,17-18,20-21,29-32H,8-9,16,19,41-42H2,2-6H3,(H,43,45)(H,44,46). The molecule has 0 radical (unpaired) electrons. The lowest BCUT2D eigenvalue weighted by Gasteiger charge is -2.32. The summed E-state index contributed by atoms with van der Waals surface area (Å²) < 4.78 is 28.5. The summed E-state index contributed by atoms with van der Waals surface area (Å²) in [6, 6.07) is 13.0. The van der Waals surface area contributed by atoms with Crippen molar-refractivity contribution in [2.24, 2.45) is 23.3 Å². The molecule has 1 aliphatic rings. The van der Waals surface area contributed by atoms with Crippen LogP contribution >= 0.6 is 0 Å². The average molecular weight is 683 g/mol. The van der Waals surface area contributed by atoms with E-state index in [0.29, 0.717) is 17.6 Å². The quantitative estimate of drug-likeness (QED) is 0.132. The number of aromatic amines is 2. The highest BCUT2D eigenvalue weighted by atomic mass is 19.3. The van der Waals surface area contributed by atoms with Gasteiger partial charge in [-0.15, -0.1) is 6.42 Å². The summed E-state index contributed by atoms with van der Waals surface area (Å²) in [5.41, 5.74) is 17.1. The molecule has 4 unspecified atom stereocenters. The summed E-state index contributed by atoms with van der Waals surface area (Å²) in [6.07, 6.45) is 7.55. The molecule has 0 bridgehead atoms. The number of rotatable bonds is 10. The van der Waals surface area contributed by atoms with Gasteiger partial charge in [-0.3, -0.25) is 9.59 Å². The van der Waals surface area contributed by atoms with Crippen molar-refractivity contribution in [2.45, 2.75) is 77.6 Å². The van der Waals surface area contributed by atoms with Gasteiger partial charge in [0.05, 0.1) is 46.7 Å². The van der Waals surface area contributed by atoms with Gasteiger partial charge in [0.25, 0.3) is 5.92 Å². The second-order valence-electron chi connectivity index (χ2n) is 14.2. The first-order chi connectivity index (χ1) is 23.7. The Morgan fingerprint density at radius 1 is 1.00 bits per heavy atom. The number of likely N-dealkylation sites (tertiary alicyclic amines) is 1. The van der Waals surface area contributed by atoms with Crippen LogP contribution in [0.4, 0.5) is 8.78 Å². The predicted octanol–water partition coefficient (Wildman–Crippen LogP) is 6.05. The van der Waals surface area contributed by atoms with Crippen LogP contribution in [0.2, 0.25) is 0 Å². The van der Waals surface area contributed by atoms with E-state index in [1.807, 2.05) is 61.2 Å². The molecule has 2 amide bonds. The third-order valence-electron chi connectivity index (χ3n) is 9.64. The number of H-pyrrole nitrogens is 2. The molecule has 1 aliphatic heterocycles. The number of nitrogens with two attached hydrogens (primary N) is 2. The summed E-state index contributed by atoms with van der Waals surface area (Å²) in [7, 11) is 0. The van der Waals surface area contributed by atoms with Crippen LogP contribution in [0, 0.1) is 24.2 Å². The molecule has 0 spiro atoms. The molecule has 3 heterocycles. The van der Waals surface area contributed by atoms with Crippen LogP contribution in [0.1, 0.15) is 71.2 Å². The van der Waals surface area contributed by atoms with Crippen molar-refractivity contribution in [1.29, 1.82) is 0 Å². The number of halogens is 2. The topological polar surface area (TPSA) is 150 Å². The predicted molar refractivity (Wildman–Crippen MR) is 192 cm³/mol. The Hall–Kier alpha value is -4.86. The maximum Gasteiger partial charge on any atom is 0.262 e. The fraction of sp³-hybridized carbons (Fsp3) is 0.421. The molecular weight excluding hydrogens is 638 g/mol. The van der Waals surface area contributed by atoms with Crippen LogP contribution in [0.25, 0.3) is 44.0 Å². The summed E-state index contributed by atoms with van der Waals surface area (Å²) in [5.74, 6) is -0.682. The molecule has 50 heavy (non-hydrogen) atoms. The molecule has 6 N–H and O–H groups in total. The Morgan fingerprint density at radius 3 is 2.38 bits per heavy atom. The van der Waals surface area contributed by atoms with Gasteiger partial charge in [-0.25, -0.2) is 18.7 Å². The number of fused-ring (bicyclic) bond motifs is 4. The monoisotopic (exact) mass is 682 g/mol. The molecule has 6 rings (SSSR count). The zero-order valence-electron chi connectivity index (χ0n) is 29.0. The van der Waals surface area contributed by atoms with E-state index in [4.69, 9.17) is 22.9 Å². The van der Waals surface area contributed by atoms with E-state index in [0.717, 1.165) is 63.4 Å². The highest BCUT2D eigenvalue weighted by Crippen LogP contribution is 2.35. The van der Waals surface area contributed by atoms with Crippen LogP contribution in [0.5, 0.6) is 0 Å². The number of aromatic nitrogens is 4. The number of alkyl halides is 2.